The van der Waals surface area contributed by atoms with E-state index in [1.54, 1.807) is 0 Å². The van der Waals surface area contributed by atoms with Crippen molar-refractivity contribution in [2.45, 2.75) is 89.4 Å². The van der Waals surface area contributed by atoms with Crippen molar-refractivity contribution in [3.8, 4) is 0 Å². The van der Waals surface area contributed by atoms with Crippen molar-refractivity contribution in [1.82, 2.24) is 10.6 Å². The molecule has 0 bridgehead atoms. The SMILES string of the molecule is CC(C)(C)OC(=O)N[C@H]1CCC[C@@H](NC2CCC2)C1. The highest BCUT2D eigenvalue weighted by Crippen LogP contribution is 2.24. The van der Waals surface area contributed by atoms with Crippen LogP contribution in [0.25, 0.3) is 0 Å². The standard InChI is InChI=1S/C15H28N2O2/c1-15(2,3)19-14(18)17-13-9-5-8-12(10-13)16-11-6-4-7-11/h11-13,16H,4-10H2,1-3H3,(H,17,18)/t12-,13+/m1/s1. The molecule has 0 saturated heterocycles. The maximum absolute atomic E-state index is 11.8. The molecule has 2 aliphatic rings. The first-order valence-electron chi connectivity index (χ1n) is 7.68. The van der Waals surface area contributed by atoms with Crippen LogP contribution in [0.3, 0.4) is 0 Å². The molecule has 0 aliphatic heterocycles. The topological polar surface area (TPSA) is 50.4 Å². The number of nitrogens with one attached hydrogen (secondary N) is 2. The van der Waals surface area contributed by atoms with Crippen LogP contribution < -0.4 is 10.6 Å². The number of hydrogen-bond acceptors (Lipinski definition) is 3. The minimum atomic E-state index is -0.414. The van der Waals surface area contributed by atoms with Gasteiger partial charge in [0.15, 0.2) is 0 Å². The van der Waals surface area contributed by atoms with E-state index in [4.69, 9.17) is 4.74 Å². The molecule has 0 aromatic heterocycles. The maximum Gasteiger partial charge on any atom is 0.407 e. The summed E-state index contributed by atoms with van der Waals surface area (Å²) >= 11 is 0. The summed E-state index contributed by atoms with van der Waals surface area (Å²) in [7, 11) is 0. The molecule has 0 heterocycles. The van der Waals surface area contributed by atoms with Gasteiger partial charge in [0.25, 0.3) is 0 Å². The summed E-state index contributed by atoms with van der Waals surface area (Å²) in [6.07, 6.45) is 8.26. The summed E-state index contributed by atoms with van der Waals surface area (Å²) in [4.78, 5) is 11.8. The number of hydrogen-bond donors (Lipinski definition) is 2. The summed E-state index contributed by atoms with van der Waals surface area (Å²) in [6.45, 7) is 5.69. The highest BCUT2D eigenvalue weighted by Gasteiger charge is 2.28. The van der Waals surface area contributed by atoms with Gasteiger partial charge in [-0.25, -0.2) is 4.79 Å². The van der Waals surface area contributed by atoms with E-state index < -0.39 is 5.60 Å². The zero-order valence-corrected chi connectivity index (χ0v) is 12.5. The van der Waals surface area contributed by atoms with Gasteiger partial charge in [-0.1, -0.05) is 6.42 Å². The third-order valence-electron chi connectivity index (χ3n) is 3.97. The number of rotatable bonds is 3. The Morgan fingerprint density at radius 1 is 1.00 bits per heavy atom. The molecule has 0 radical (unpaired) electrons. The molecule has 0 aromatic rings. The summed E-state index contributed by atoms with van der Waals surface area (Å²) in [5.74, 6) is 0. The maximum atomic E-state index is 11.8. The van der Waals surface area contributed by atoms with Crippen molar-refractivity contribution >= 4 is 6.09 Å². The van der Waals surface area contributed by atoms with Gasteiger partial charge >= 0.3 is 6.09 Å². The van der Waals surface area contributed by atoms with Crippen LogP contribution in [0.1, 0.15) is 65.7 Å². The van der Waals surface area contributed by atoms with Crippen LogP contribution in [0.2, 0.25) is 0 Å². The fourth-order valence-corrected chi connectivity index (χ4v) is 2.85. The summed E-state index contributed by atoms with van der Waals surface area (Å²) in [5.41, 5.74) is -0.414. The van der Waals surface area contributed by atoms with E-state index in [1.807, 2.05) is 20.8 Å². The second-order valence-electron chi connectivity index (χ2n) is 7.00. The Kier molecular flexibility index (Phi) is 4.71. The molecular weight excluding hydrogens is 240 g/mol. The van der Waals surface area contributed by atoms with Gasteiger partial charge in [-0.2, -0.15) is 0 Å². The zero-order valence-electron chi connectivity index (χ0n) is 12.5. The molecule has 2 fully saturated rings. The molecular formula is C15H28N2O2. The average molecular weight is 268 g/mol. The molecule has 4 nitrogen and oxygen atoms in total. The van der Waals surface area contributed by atoms with Gasteiger partial charge in [0.1, 0.15) is 5.60 Å². The first-order valence-corrected chi connectivity index (χ1v) is 7.68. The lowest BCUT2D eigenvalue weighted by Crippen LogP contribution is -2.49. The number of carbonyl (C=O) groups is 1. The molecule has 2 N–H and O–H groups in total. The quantitative estimate of drug-likeness (QED) is 0.827. The van der Waals surface area contributed by atoms with Crippen LogP contribution >= 0.6 is 0 Å². The van der Waals surface area contributed by atoms with Gasteiger partial charge in [0.2, 0.25) is 0 Å². The Balaban J connectivity index is 1.72. The summed E-state index contributed by atoms with van der Waals surface area (Å²) < 4.78 is 5.32. The van der Waals surface area contributed by atoms with Crippen molar-refractivity contribution in [3.05, 3.63) is 0 Å². The van der Waals surface area contributed by atoms with Crippen molar-refractivity contribution in [2.24, 2.45) is 0 Å². The van der Waals surface area contributed by atoms with E-state index in [-0.39, 0.29) is 12.1 Å². The molecule has 2 rings (SSSR count). The smallest absolute Gasteiger partial charge is 0.407 e. The lowest BCUT2D eigenvalue weighted by Gasteiger charge is -2.36. The second-order valence-corrected chi connectivity index (χ2v) is 7.00. The predicted molar refractivity (Wildman–Crippen MR) is 76.2 cm³/mol. The Hall–Kier alpha value is -0.770. The Labute approximate surface area is 116 Å². The molecule has 0 spiro atoms. The third kappa shape index (κ3) is 5.01. The van der Waals surface area contributed by atoms with Crippen molar-refractivity contribution in [2.75, 3.05) is 0 Å². The van der Waals surface area contributed by atoms with E-state index in [0.29, 0.717) is 6.04 Å². The van der Waals surface area contributed by atoms with Gasteiger partial charge < -0.3 is 15.4 Å². The third-order valence-corrected chi connectivity index (χ3v) is 3.97. The zero-order chi connectivity index (χ0) is 13.9. The van der Waals surface area contributed by atoms with Crippen LogP contribution in [-0.4, -0.2) is 29.8 Å². The van der Waals surface area contributed by atoms with Gasteiger partial charge in [-0.3, -0.25) is 0 Å². The molecule has 0 unspecified atom stereocenters. The first kappa shape index (κ1) is 14.6. The minimum Gasteiger partial charge on any atom is -0.444 e. The fourth-order valence-electron chi connectivity index (χ4n) is 2.85. The predicted octanol–water partition coefficient (Wildman–Crippen LogP) is 2.96. The molecule has 2 saturated carbocycles. The number of carbonyl (C=O) groups excluding carboxylic acids is 1. The molecule has 0 aromatic carbocycles. The van der Waals surface area contributed by atoms with E-state index in [2.05, 4.69) is 10.6 Å². The first-order chi connectivity index (χ1) is 8.92. The minimum absolute atomic E-state index is 0.265. The van der Waals surface area contributed by atoms with Crippen molar-refractivity contribution in [1.29, 1.82) is 0 Å². The van der Waals surface area contributed by atoms with Crippen molar-refractivity contribution in [3.63, 3.8) is 0 Å². The van der Waals surface area contributed by atoms with Crippen LogP contribution in [-0.2, 0) is 4.74 Å². The molecule has 4 heteroatoms. The Bertz CT molecular complexity index is 308. The second kappa shape index (κ2) is 6.12. The number of amides is 1. The highest BCUT2D eigenvalue weighted by molar-refractivity contribution is 5.68. The van der Waals surface area contributed by atoms with E-state index in [0.717, 1.165) is 18.9 Å². The Morgan fingerprint density at radius 2 is 1.58 bits per heavy atom. The summed E-state index contributed by atoms with van der Waals surface area (Å²) in [5, 5.41) is 6.73. The summed E-state index contributed by atoms with van der Waals surface area (Å²) in [6, 6.07) is 1.56. The van der Waals surface area contributed by atoms with E-state index in [1.165, 1.54) is 32.1 Å². The number of ether oxygens (including phenoxy) is 1. The highest BCUT2D eigenvalue weighted by atomic mass is 16.6. The Morgan fingerprint density at radius 3 is 2.16 bits per heavy atom. The molecule has 2 aliphatic carbocycles. The number of alkyl carbamates (subject to hydrolysis) is 1. The largest absolute Gasteiger partial charge is 0.444 e. The van der Waals surface area contributed by atoms with E-state index in [9.17, 15) is 4.79 Å². The van der Waals surface area contributed by atoms with Gasteiger partial charge in [0, 0.05) is 18.1 Å². The lowest BCUT2D eigenvalue weighted by atomic mass is 9.87. The normalized spacial score (nSPS) is 28.6. The van der Waals surface area contributed by atoms with Gasteiger partial charge in [-0.15, -0.1) is 0 Å². The molecule has 19 heavy (non-hydrogen) atoms. The van der Waals surface area contributed by atoms with Gasteiger partial charge in [-0.05, 0) is 59.3 Å². The van der Waals surface area contributed by atoms with Crippen LogP contribution in [0.4, 0.5) is 4.79 Å². The van der Waals surface area contributed by atoms with E-state index >= 15 is 0 Å². The van der Waals surface area contributed by atoms with Crippen LogP contribution in [0.5, 0.6) is 0 Å². The monoisotopic (exact) mass is 268 g/mol. The molecule has 110 valence electrons. The van der Waals surface area contributed by atoms with Crippen LogP contribution in [0.15, 0.2) is 0 Å². The molecule has 2 atom stereocenters. The molecule has 1 amide bonds. The van der Waals surface area contributed by atoms with Crippen LogP contribution in [0, 0.1) is 0 Å². The lowest BCUT2D eigenvalue weighted by molar-refractivity contribution is 0.0487. The van der Waals surface area contributed by atoms with Gasteiger partial charge in [0.05, 0.1) is 0 Å². The van der Waals surface area contributed by atoms with Crippen molar-refractivity contribution < 1.29 is 9.53 Å². The fraction of sp³-hybridized carbons (Fsp3) is 0.933. The average Bonchev–Trinajstić information content (AvgIpc) is 2.21.